The number of esters is 1. The average Bonchev–Trinajstić information content (AvgIpc) is 2.71. The first-order chi connectivity index (χ1) is 8.15. The van der Waals surface area contributed by atoms with Crippen molar-refractivity contribution < 1.29 is 14.3 Å². The van der Waals surface area contributed by atoms with E-state index in [0.717, 1.165) is 21.3 Å². The Morgan fingerprint density at radius 1 is 1.47 bits per heavy atom. The maximum Gasteiger partial charge on any atom is 0.334 e. The Hall–Kier alpha value is -1.29. The van der Waals surface area contributed by atoms with E-state index in [1.807, 2.05) is 18.2 Å². The van der Waals surface area contributed by atoms with Crippen LogP contribution >= 0.6 is 15.9 Å². The average molecular weight is 297 g/mol. The van der Waals surface area contributed by atoms with E-state index in [-0.39, 0.29) is 5.97 Å². The number of carbonyl (C=O) groups excluding carboxylic acids is 1. The minimum Gasteiger partial charge on any atom is -0.496 e. The van der Waals surface area contributed by atoms with Crippen molar-refractivity contribution in [3.8, 4) is 5.75 Å². The van der Waals surface area contributed by atoms with Gasteiger partial charge in [-0.3, -0.25) is 0 Å². The smallest absolute Gasteiger partial charge is 0.334 e. The van der Waals surface area contributed by atoms with Crippen molar-refractivity contribution in [2.75, 3.05) is 13.7 Å². The highest BCUT2D eigenvalue weighted by Gasteiger charge is 2.20. The number of hydrogen-bond acceptors (Lipinski definition) is 3. The van der Waals surface area contributed by atoms with Crippen LogP contribution in [0.5, 0.6) is 5.75 Å². The first kappa shape index (κ1) is 12.2. The van der Waals surface area contributed by atoms with E-state index in [9.17, 15) is 4.79 Å². The third kappa shape index (κ3) is 2.36. The summed E-state index contributed by atoms with van der Waals surface area (Å²) in [6.07, 6.45) is 2.49. The van der Waals surface area contributed by atoms with Crippen LogP contribution in [0, 0.1) is 0 Å². The van der Waals surface area contributed by atoms with Crippen molar-refractivity contribution in [3.63, 3.8) is 0 Å². The summed E-state index contributed by atoms with van der Waals surface area (Å²) in [4.78, 5) is 11.6. The monoisotopic (exact) mass is 296 g/mol. The minimum absolute atomic E-state index is 0.237. The molecule has 1 aliphatic rings. The van der Waals surface area contributed by atoms with E-state index in [4.69, 9.17) is 9.47 Å². The molecule has 0 heterocycles. The molecule has 4 heteroatoms. The van der Waals surface area contributed by atoms with Crippen molar-refractivity contribution in [2.24, 2.45) is 0 Å². The minimum atomic E-state index is -0.237. The summed E-state index contributed by atoms with van der Waals surface area (Å²) in [6, 6.07) is 3.91. The van der Waals surface area contributed by atoms with Gasteiger partial charge in [-0.05, 0) is 52.2 Å². The van der Waals surface area contributed by atoms with Gasteiger partial charge in [0, 0.05) is 12.0 Å². The van der Waals surface area contributed by atoms with Crippen LogP contribution in [0.3, 0.4) is 0 Å². The van der Waals surface area contributed by atoms with Crippen molar-refractivity contribution in [1.29, 1.82) is 0 Å². The van der Waals surface area contributed by atoms with Crippen molar-refractivity contribution in [1.82, 2.24) is 0 Å². The molecule has 0 unspecified atom stereocenters. The van der Waals surface area contributed by atoms with E-state index in [0.29, 0.717) is 18.6 Å². The lowest BCUT2D eigenvalue weighted by Gasteiger charge is -2.06. The summed E-state index contributed by atoms with van der Waals surface area (Å²) >= 11 is 3.43. The Balaban J connectivity index is 2.29. The highest BCUT2D eigenvalue weighted by atomic mass is 79.9. The molecule has 3 nitrogen and oxygen atoms in total. The summed E-state index contributed by atoms with van der Waals surface area (Å²) in [6.45, 7) is 2.21. The molecule has 90 valence electrons. The second-order valence-electron chi connectivity index (χ2n) is 3.75. The zero-order chi connectivity index (χ0) is 12.4. The predicted molar refractivity (Wildman–Crippen MR) is 69.0 cm³/mol. The summed E-state index contributed by atoms with van der Waals surface area (Å²) in [5, 5.41) is 0. The number of ether oxygens (including phenoxy) is 2. The van der Waals surface area contributed by atoms with E-state index in [1.165, 1.54) is 0 Å². The van der Waals surface area contributed by atoms with Crippen LogP contribution in [0.1, 0.15) is 18.1 Å². The quantitative estimate of drug-likeness (QED) is 0.805. The summed E-state index contributed by atoms with van der Waals surface area (Å²) < 4.78 is 11.1. The van der Waals surface area contributed by atoms with Gasteiger partial charge in [-0.1, -0.05) is 0 Å². The Morgan fingerprint density at radius 3 is 2.88 bits per heavy atom. The van der Waals surface area contributed by atoms with Gasteiger partial charge in [0.1, 0.15) is 5.75 Å². The molecule has 0 aromatic heterocycles. The Bertz CT molecular complexity index is 492. The fourth-order valence-corrected chi connectivity index (χ4v) is 2.41. The predicted octanol–water partition coefficient (Wildman–Crippen LogP) is 2.96. The number of methoxy groups -OCH3 is 1. The highest BCUT2D eigenvalue weighted by molar-refractivity contribution is 9.10. The van der Waals surface area contributed by atoms with E-state index in [2.05, 4.69) is 15.9 Å². The molecule has 0 fully saturated rings. The molecule has 17 heavy (non-hydrogen) atoms. The summed E-state index contributed by atoms with van der Waals surface area (Å²) in [5.41, 5.74) is 2.83. The van der Waals surface area contributed by atoms with Gasteiger partial charge in [-0.2, -0.15) is 0 Å². The fourth-order valence-electron chi connectivity index (χ4n) is 1.85. The molecule has 1 aromatic rings. The maximum atomic E-state index is 11.6. The van der Waals surface area contributed by atoms with Gasteiger partial charge in [0.2, 0.25) is 0 Å². The molecular formula is C13H13BrO3. The summed E-state index contributed by atoms with van der Waals surface area (Å²) in [5.74, 6) is 0.531. The SMILES string of the molecule is CCOC(=O)C1=Cc2cc(OC)c(Br)cc2C1. The first-order valence-electron chi connectivity index (χ1n) is 5.39. The summed E-state index contributed by atoms with van der Waals surface area (Å²) in [7, 11) is 1.62. The highest BCUT2D eigenvalue weighted by Crippen LogP contribution is 2.34. The molecular weight excluding hydrogens is 284 g/mol. The lowest BCUT2D eigenvalue weighted by molar-refractivity contribution is -0.138. The zero-order valence-corrected chi connectivity index (χ0v) is 11.3. The molecule has 1 aromatic carbocycles. The van der Waals surface area contributed by atoms with Gasteiger partial charge in [-0.25, -0.2) is 4.79 Å². The molecule has 0 amide bonds. The number of benzene rings is 1. The van der Waals surface area contributed by atoms with Crippen LogP contribution in [0.2, 0.25) is 0 Å². The molecule has 0 radical (unpaired) electrons. The number of halogens is 1. The molecule has 0 saturated heterocycles. The molecule has 2 rings (SSSR count). The third-order valence-electron chi connectivity index (χ3n) is 2.66. The third-order valence-corrected chi connectivity index (χ3v) is 3.28. The van der Waals surface area contributed by atoms with Gasteiger partial charge in [0.05, 0.1) is 18.2 Å². The van der Waals surface area contributed by atoms with Crippen LogP contribution in [0.15, 0.2) is 22.2 Å². The van der Waals surface area contributed by atoms with Crippen molar-refractivity contribution in [2.45, 2.75) is 13.3 Å². The standard InChI is InChI=1S/C13H13BrO3/c1-3-17-13(15)10-4-8-6-11(14)12(16-2)7-9(8)5-10/h5-7H,3-4H2,1-2H3. The molecule has 0 aliphatic heterocycles. The number of hydrogen-bond donors (Lipinski definition) is 0. The van der Waals surface area contributed by atoms with Crippen LogP contribution in [0.4, 0.5) is 0 Å². The van der Waals surface area contributed by atoms with E-state index >= 15 is 0 Å². The fraction of sp³-hybridized carbons (Fsp3) is 0.308. The number of carbonyl (C=O) groups is 1. The number of fused-ring (bicyclic) bond motifs is 1. The Labute approximate surface area is 109 Å². The molecule has 0 saturated carbocycles. The molecule has 0 atom stereocenters. The van der Waals surface area contributed by atoms with E-state index in [1.54, 1.807) is 14.0 Å². The second kappa shape index (κ2) is 4.92. The zero-order valence-electron chi connectivity index (χ0n) is 9.75. The lowest BCUT2D eigenvalue weighted by atomic mass is 10.1. The van der Waals surface area contributed by atoms with Crippen molar-refractivity contribution in [3.05, 3.63) is 33.3 Å². The Morgan fingerprint density at radius 2 is 2.24 bits per heavy atom. The van der Waals surface area contributed by atoms with Crippen LogP contribution < -0.4 is 4.74 Å². The second-order valence-corrected chi connectivity index (χ2v) is 4.61. The first-order valence-corrected chi connectivity index (χ1v) is 6.19. The van der Waals surface area contributed by atoms with Crippen molar-refractivity contribution >= 4 is 28.0 Å². The topological polar surface area (TPSA) is 35.5 Å². The van der Waals surface area contributed by atoms with Gasteiger partial charge < -0.3 is 9.47 Å². The van der Waals surface area contributed by atoms with Gasteiger partial charge in [0.15, 0.2) is 0 Å². The Kier molecular flexibility index (Phi) is 3.52. The van der Waals surface area contributed by atoms with Gasteiger partial charge >= 0.3 is 5.97 Å². The maximum absolute atomic E-state index is 11.6. The molecule has 0 bridgehead atoms. The lowest BCUT2D eigenvalue weighted by Crippen LogP contribution is -2.07. The molecule has 0 spiro atoms. The molecule has 1 aliphatic carbocycles. The van der Waals surface area contributed by atoms with Gasteiger partial charge in [-0.15, -0.1) is 0 Å². The van der Waals surface area contributed by atoms with E-state index < -0.39 is 0 Å². The van der Waals surface area contributed by atoms with Crippen LogP contribution in [0.25, 0.3) is 6.08 Å². The number of rotatable bonds is 3. The van der Waals surface area contributed by atoms with Crippen LogP contribution in [-0.2, 0) is 16.0 Å². The largest absolute Gasteiger partial charge is 0.496 e. The molecule has 0 N–H and O–H groups in total. The van der Waals surface area contributed by atoms with Crippen LogP contribution in [-0.4, -0.2) is 19.7 Å². The normalized spacial score (nSPS) is 13.0. The van der Waals surface area contributed by atoms with Gasteiger partial charge in [0.25, 0.3) is 0 Å².